The van der Waals surface area contributed by atoms with E-state index in [-0.39, 0.29) is 0 Å². The van der Waals surface area contributed by atoms with Gasteiger partial charge in [-0.25, -0.2) is 0 Å². The third-order valence-corrected chi connectivity index (χ3v) is 5.85. The maximum absolute atomic E-state index is 6.22. The van der Waals surface area contributed by atoms with Crippen LogP contribution >= 0.6 is 11.3 Å². The molecule has 1 aromatic heterocycles. The summed E-state index contributed by atoms with van der Waals surface area (Å²) in [5, 5.41) is 5.68. The Bertz CT molecular complexity index is 415. The van der Waals surface area contributed by atoms with Crippen molar-refractivity contribution in [2.24, 2.45) is 17.8 Å². The number of aryl methyl sites for hydroxylation is 1. The monoisotopic (exact) mass is 309 g/mol. The molecular weight excluding hydrogens is 278 g/mol. The van der Waals surface area contributed by atoms with Crippen LogP contribution in [0.1, 0.15) is 50.5 Å². The van der Waals surface area contributed by atoms with Crippen molar-refractivity contribution in [2.75, 3.05) is 13.2 Å². The zero-order valence-corrected chi connectivity index (χ0v) is 14.8. The first-order chi connectivity index (χ1) is 10.1. The molecule has 1 heterocycles. The summed E-state index contributed by atoms with van der Waals surface area (Å²) in [7, 11) is 0. The Morgan fingerprint density at radius 2 is 2.19 bits per heavy atom. The SMILES string of the molecule is Cc1ccsc1CNCCOC1CC(C)CCC1C(C)C. The van der Waals surface area contributed by atoms with Gasteiger partial charge in [-0.1, -0.05) is 27.2 Å². The fourth-order valence-corrected chi connectivity index (χ4v) is 4.25. The van der Waals surface area contributed by atoms with Gasteiger partial charge in [0.1, 0.15) is 0 Å². The molecule has 3 heteroatoms. The second kappa shape index (κ2) is 8.30. The van der Waals surface area contributed by atoms with Gasteiger partial charge in [0.2, 0.25) is 0 Å². The van der Waals surface area contributed by atoms with Gasteiger partial charge in [-0.2, -0.15) is 0 Å². The van der Waals surface area contributed by atoms with Crippen LogP contribution < -0.4 is 5.32 Å². The van der Waals surface area contributed by atoms with E-state index >= 15 is 0 Å². The molecule has 1 aliphatic rings. The summed E-state index contributed by atoms with van der Waals surface area (Å²) in [5.74, 6) is 2.32. The molecule has 0 radical (unpaired) electrons. The average Bonchev–Trinajstić information content (AvgIpc) is 2.84. The lowest BCUT2D eigenvalue weighted by molar-refractivity contribution is -0.0367. The van der Waals surface area contributed by atoms with Crippen molar-refractivity contribution in [1.29, 1.82) is 0 Å². The third-order valence-electron chi connectivity index (χ3n) is 4.83. The van der Waals surface area contributed by atoms with Crippen LogP contribution in [0.5, 0.6) is 0 Å². The lowest BCUT2D eigenvalue weighted by Crippen LogP contribution is -2.35. The molecule has 1 aliphatic carbocycles. The van der Waals surface area contributed by atoms with Gasteiger partial charge in [0.15, 0.2) is 0 Å². The van der Waals surface area contributed by atoms with E-state index in [4.69, 9.17) is 4.74 Å². The number of hydrogen-bond acceptors (Lipinski definition) is 3. The molecule has 2 nitrogen and oxygen atoms in total. The minimum atomic E-state index is 0.471. The van der Waals surface area contributed by atoms with Crippen LogP contribution in [0.25, 0.3) is 0 Å². The van der Waals surface area contributed by atoms with Gasteiger partial charge in [0.05, 0.1) is 12.7 Å². The summed E-state index contributed by atoms with van der Waals surface area (Å²) in [6, 6.07) is 2.19. The van der Waals surface area contributed by atoms with Crippen molar-refractivity contribution in [3.8, 4) is 0 Å². The number of nitrogens with one attached hydrogen (secondary N) is 1. The summed E-state index contributed by atoms with van der Waals surface area (Å²) in [6.07, 6.45) is 4.43. The highest BCUT2D eigenvalue weighted by molar-refractivity contribution is 7.10. The quantitative estimate of drug-likeness (QED) is 0.742. The minimum absolute atomic E-state index is 0.471. The molecule has 1 N–H and O–H groups in total. The predicted molar refractivity (Wildman–Crippen MR) is 91.8 cm³/mol. The average molecular weight is 310 g/mol. The maximum atomic E-state index is 6.22. The van der Waals surface area contributed by atoms with Crippen molar-refractivity contribution in [2.45, 2.75) is 59.6 Å². The molecular formula is C18H31NOS. The summed E-state index contributed by atoms with van der Waals surface area (Å²) < 4.78 is 6.22. The van der Waals surface area contributed by atoms with E-state index in [9.17, 15) is 0 Å². The van der Waals surface area contributed by atoms with Crippen molar-refractivity contribution in [3.63, 3.8) is 0 Å². The zero-order valence-electron chi connectivity index (χ0n) is 14.0. The lowest BCUT2D eigenvalue weighted by Gasteiger charge is -2.37. The Hall–Kier alpha value is -0.380. The molecule has 0 amide bonds. The maximum Gasteiger partial charge on any atom is 0.0608 e. The van der Waals surface area contributed by atoms with E-state index in [1.807, 2.05) is 11.3 Å². The predicted octanol–water partition coefficient (Wildman–Crippen LogP) is 4.62. The van der Waals surface area contributed by atoms with Gasteiger partial charge >= 0.3 is 0 Å². The van der Waals surface area contributed by atoms with E-state index in [0.717, 1.165) is 37.5 Å². The molecule has 2 rings (SSSR count). The van der Waals surface area contributed by atoms with Crippen LogP contribution in [0, 0.1) is 24.7 Å². The fourth-order valence-electron chi connectivity index (χ4n) is 3.38. The fraction of sp³-hybridized carbons (Fsp3) is 0.778. The smallest absolute Gasteiger partial charge is 0.0608 e. The first-order valence-electron chi connectivity index (χ1n) is 8.43. The molecule has 0 aromatic carbocycles. The summed E-state index contributed by atoms with van der Waals surface area (Å²) >= 11 is 1.84. The van der Waals surface area contributed by atoms with Crippen LogP contribution in [-0.2, 0) is 11.3 Å². The molecule has 0 bridgehead atoms. The Balaban J connectivity index is 1.67. The summed E-state index contributed by atoms with van der Waals surface area (Å²) in [4.78, 5) is 1.45. The van der Waals surface area contributed by atoms with Crippen molar-refractivity contribution >= 4 is 11.3 Å². The number of thiophene rings is 1. The van der Waals surface area contributed by atoms with Gasteiger partial charge in [-0.3, -0.25) is 0 Å². The first-order valence-corrected chi connectivity index (χ1v) is 9.31. The summed E-state index contributed by atoms with van der Waals surface area (Å²) in [6.45, 7) is 12.0. The van der Waals surface area contributed by atoms with Crippen molar-refractivity contribution in [1.82, 2.24) is 5.32 Å². The molecule has 0 spiro atoms. The molecule has 0 aliphatic heterocycles. The van der Waals surface area contributed by atoms with Crippen LogP contribution in [0.2, 0.25) is 0 Å². The lowest BCUT2D eigenvalue weighted by atomic mass is 9.75. The van der Waals surface area contributed by atoms with E-state index in [2.05, 4.69) is 44.5 Å². The highest BCUT2D eigenvalue weighted by Crippen LogP contribution is 2.35. The van der Waals surface area contributed by atoms with E-state index in [1.54, 1.807) is 0 Å². The van der Waals surface area contributed by atoms with Crippen LogP contribution in [0.3, 0.4) is 0 Å². The Labute approximate surface area is 134 Å². The standard InChI is InChI=1S/C18H31NOS/c1-13(2)16-6-5-14(3)11-17(16)20-9-8-19-12-18-15(4)7-10-21-18/h7,10,13-14,16-17,19H,5-6,8-9,11-12H2,1-4H3. The van der Waals surface area contributed by atoms with Gasteiger partial charge in [-0.15, -0.1) is 11.3 Å². The molecule has 0 saturated heterocycles. The topological polar surface area (TPSA) is 21.3 Å². The zero-order chi connectivity index (χ0) is 15.2. The van der Waals surface area contributed by atoms with Crippen LogP contribution in [-0.4, -0.2) is 19.3 Å². The highest BCUT2D eigenvalue weighted by Gasteiger charge is 2.31. The Kier molecular flexibility index (Phi) is 6.72. The van der Waals surface area contributed by atoms with Gasteiger partial charge in [0.25, 0.3) is 0 Å². The number of ether oxygens (including phenoxy) is 1. The molecule has 1 aromatic rings. The van der Waals surface area contributed by atoms with E-state index in [1.165, 1.54) is 29.7 Å². The number of rotatable bonds is 7. The molecule has 1 saturated carbocycles. The second-order valence-electron chi connectivity index (χ2n) is 6.94. The molecule has 120 valence electrons. The van der Waals surface area contributed by atoms with E-state index in [0.29, 0.717) is 6.10 Å². The first kappa shape index (κ1) is 17.0. The van der Waals surface area contributed by atoms with Crippen molar-refractivity contribution in [3.05, 3.63) is 21.9 Å². The Morgan fingerprint density at radius 3 is 2.86 bits per heavy atom. The van der Waals surface area contributed by atoms with E-state index < -0.39 is 0 Å². The largest absolute Gasteiger partial charge is 0.377 e. The Morgan fingerprint density at radius 1 is 1.38 bits per heavy atom. The normalized spacial score (nSPS) is 26.4. The molecule has 1 fully saturated rings. The van der Waals surface area contributed by atoms with Gasteiger partial charge in [-0.05, 0) is 54.5 Å². The summed E-state index contributed by atoms with van der Waals surface area (Å²) in [5.41, 5.74) is 1.40. The third kappa shape index (κ3) is 5.08. The number of hydrogen-bond donors (Lipinski definition) is 1. The van der Waals surface area contributed by atoms with Crippen LogP contribution in [0.4, 0.5) is 0 Å². The molecule has 3 atom stereocenters. The molecule has 21 heavy (non-hydrogen) atoms. The van der Waals surface area contributed by atoms with Gasteiger partial charge < -0.3 is 10.1 Å². The second-order valence-corrected chi connectivity index (χ2v) is 7.94. The minimum Gasteiger partial charge on any atom is -0.377 e. The van der Waals surface area contributed by atoms with Crippen LogP contribution in [0.15, 0.2) is 11.4 Å². The molecule has 3 unspecified atom stereocenters. The van der Waals surface area contributed by atoms with Crippen molar-refractivity contribution < 1.29 is 4.74 Å². The van der Waals surface area contributed by atoms with Gasteiger partial charge in [0, 0.05) is 18.0 Å². The highest BCUT2D eigenvalue weighted by atomic mass is 32.1.